The minimum Gasteiger partial charge on any atom is -0.457 e. The minimum atomic E-state index is -3.14. The number of hydrogen-bond donors (Lipinski definition) is 1. The van der Waals surface area contributed by atoms with Gasteiger partial charge in [0.15, 0.2) is 0 Å². The van der Waals surface area contributed by atoms with Crippen LogP contribution in [0, 0.1) is 12.8 Å². The van der Waals surface area contributed by atoms with Crippen molar-refractivity contribution in [1.29, 1.82) is 0 Å². The number of benzene rings is 2. The van der Waals surface area contributed by atoms with Crippen LogP contribution in [0.3, 0.4) is 0 Å². The van der Waals surface area contributed by atoms with E-state index in [1.54, 1.807) is 0 Å². The van der Waals surface area contributed by atoms with Crippen molar-refractivity contribution in [3.8, 4) is 0 Å². The largest absolute Gasteiger partial charge is 0.457 e. The van der Waals surface area contributed by atoms with Gasteiger partial charge in [-0.3, -0.25) is 0 Å². The average molecular weight is 499 g/mol. The van der Waals surface area contributed by atoms with Gasteiger partial charge in [-0.2, -0.15) is 0 Å². The number of aromatic nitrogens is 2. The van der Waals surface area contributed by atoms with Crippen LogP contribution >= 0.6 is 0 Å². The van der Waals surface area contributed by atoms with Gasteiger partial charge in [0.05, 0.1) is 11.0 Å². The van der Waals surface area contributed by atoms with Crippen LogP contribution in [0.4, 0.5) is 0 Å². The second kappa shape index (κ2) is 11.6. The summed E-state index contributed by atoms with van der Waals surface area (Å²) in [6, 6.07) is 13.3. The smallest absolute Gasteiger partial charge is 0.332 e. The highest BCUT2D eigenvalue weighted by atomic mass is 16.6. The number of aryl methyl sites for hydroxylation is 3. The summed E-state index contributed by atoms with van der Waals surface area (Å²) in [5.41, 5.74) is 3.09. The molecule has 2 atom stereocenters. The zero-order chi connectivity index (χ0) is 31.8. The van der Waals surface area contributed by atoms with Crippen LogP contribution in [-0.4, -0.2) is 60.1 Å². The number of nitrogens with zero attached hydrogens (tertiary/aromatic N) is 2. The number of aromatic amines is 1. The maximum atomic E-state index is 13.0. The zero-order valence-corrected chi connectivity index (χ0v) is 21.6. The normalized spacial score (nSPS) is 23.7. The molecule has 1 aliphatic carbocycles. The van der Waals surface area contributed by atoms with E-state index >= 15 is 0 Å². The molecule has 3 aromatic rings. The van der Waals surface area contributed by atoms with Gasteiger partial charge in [0, 0.05) is 42.0 Å². The van der Waals surface area contributed by atoms with E-state index in [-0.39, 0.29) is 31.8 Å². The number of nitrogens with one attached hydrogen (secondary N) is 1. The second-order valence-electron chi connectivity index (χ2n) is 9.92. The number of ether oxygens (including phenoxy) is 2. The minimum absolute atomic E-state index is 0.0552. The molecule has 0 radical (unpaired) electrons. The Morgan fingerprint density at radius 3 is 2.89 bits per heavy atom. The number of esters is 1. The zero-order valence-electron chi connectivity index (χ0n) is 28.6. The van der Waals surface area contributed by atoms with Gasteiger partial charge < -0.3 is 19.4 Å². The molecule has 0 fully saturated rings. The molecule has 0 spiro atoms. The fraction of sp³-hybridized carbons (Fsp3) is 0.533. The molecule has 1 aliphatic rings. The molecular weight excluding hydrogens is 450 g/mol. The molecule has 4 rings (SSSR count). The third-order valence-electron chi connectivity index (χ3n) is 6.87. The predicted octanol–water partition coefficient (Wildman–Crippen LogP) is 5.44. The number of imidazole rings is 1. The van der Waals surface area contributed by atoms with E-state index in [2.05, 4.69) is 16.0 Å². The average Bonchev–Trinajstić information content (AvgIpc) is 3.29. The molecule has 1 aromatic heterocycles. The molecule has 1 N–H and O–H groups in total. The van der Waals surface area contributed by atoms with Gasteiger partial charge in [0.25, 0.3) is 0 Å². The van der Waals surface area contributed by atoms with Crippen molar-refractivity contribution in [1.82, 2.24) is 14.9 Å². The Bertz CT molecular complexity index is 1410. The Kier molecular flexibility index (Phi) is 5.95. The van der Waals surface area contributed by atoms with Gasteiger partial charge in [-0.15, -0.1) is 0 Å². The summed E-state index contributed by atoms with van der Waals surface area (Å²) in [6.45, 7) is -2.93. The van der Waals surface area contributed by atoms with E-state index < -0.39 is 43.9 Å². The van der Waals surface area contributed by atoms with Crippen LogP contribution in [0.2, 0.25) is 0 Å². The molecule has 0 unspecified atom stereocenters. The number of carbonyl (C=O) groups excluding carboxylic acids is 1. The maximum Gasteiger partial charge on any atom is 0.332 e. The van der Waals surface area contributed by atoms with E-state index in [0.717, 1.165) is 22.2 Å². The number of carbonyl (C=O) groups is 1. The third kappa shape index (κ3) is 5.98. The molecule has 6 nitrogen and oxygen atoms in total. The number of rotatable bonds is 11. The number of fused-ring (bicyclic) bond motifs is 2. The highest BCUT2D eigenvalue weighted by molar-refractivity contribution is 5.74. The highest BCUT2D eigenvalue weighted by Gasteiger charge is 2.47. The lowest BCUT2D eigenvalue weighted by molar-refractivity contribution is -0.172. The molecule has 0 aliphatic heterocycles. The van der Waals surface area contributed by atoms with Crippen LogP contribution in [0.1, 0.15) is 71.1 Å². The monoisotopic (exact) mass is 498 g/mol. The molecule has 1 heterocycles. The maximum absolute atomic E-state index is 13.0. The number of hydrogen-bond acceptors (Lipinski definition) is 5. The summed E-state index contributed by atoms with van der Waals surface area (Å²) < 4.78 is 72.0. The number of methoxy groups -OCH3 is 1. The third-order valence-corrected chi connectivity index (χ3v) is 6.87. The number of para-hydroxylation sites is 2. The van der Waals surface area contributed by atoms with Gasteiger partial charge in [-0.05, 0) is 68.8 Å². The van der Waals surface area contributed by atoms with Crippen LogP contribution in [0.5, 0.6) is 0 Å². The van der Waals surface area contributed by atoms with Gasteiger partial charge >= 0.3 is 5.97 Å². The van der Waals surface area contributed by atoms with E-state index in [9.17, 15) is 4.79 Å². The highest BCUT2D eigenvalue weighted by Crippen LogP contribution is 2.48. The molecule has 0 bridgehead atoms. The lowest BCUT2D eigenvalue weighted by atomic mass is 9.65. The van der Waals surface area contributed by atoms with Crippen molar-refractivity contribution >= 4 is 17.0 Å². The first-order valence-electron chi connectivity index (χ1n) is 16.0. The Hall–Kier alpha value is -2.70. The van der Waals surface area contributed by atoms with Crippen molar-refractivity contribution in [2.45, 2.75) is 64.4 Å². The summed E-state index contributed by atoms with van der Waals surface area (Å²) in [6.07, 6.45) is -0.0912. The summed E-state index contributed by atoms with van der Waals surface area (Å²) in [4.78, 5) is 20.9. The molecule has 0 saturated heterocycles. The summed E-state index contributed by atoms with van der Waals surface area (Å²) in [7, 11) is 1.36. The molecule has 2 aromatic carbocycles. The van der Waals surface area contributed by atoms with Crippen molar-refractivity contribution < 1.29 is 23.9 Å². The van der Waals surface area contributed by atoms with Crippen molar-refractivity contribution in [3.63, 3.8) is 0 Å². The van der Waals surface area contributed by atoms with Gasteiger partial charge in [-0.25, -0.2) is 9.78 Å². The van der Waals surface area contributed by atoms with Gasteiger partial charge in [0.2, 0.25) is 0 Å². The van der Waals surface area contributed by atoms with E-state index in [0.29, 0.717) is 22.7 Å². The van der Waals surface area contributed by atoms with Gasteiger partial charge in [-0.1, -0.05) is 49.7 Å². The molecule has 0 amide bonds. The standard InChI is InChI=1S/C30H41N3O3/c1-21(2)29-24-13-12-22(3)19-23(24)14-15-30(29,36-28(34)20-35-5)16-18-33(4)17-8-11-27-31-25-9-6-7-10-26(25)32-27/h6-7,9-10,12-13,19,21,29H,8,11,14-18,20H2,1-5H3,(H,31,32)/t29-,30-/m0/s1/i4D3,17D2,18D2. The SMILES string of the molecule is [2H]C([2H])([2H])N(C([2H])([2H])CCc1nc2ccccc2[nH]1)C([2H])([2H])C[C@@]1(OC(=O)COC)CCc2cc(C)ccc2[C@@H]1C(C)C. The van der Waals surface area contributed by atoms with E-state index in [4.69, 9.17) is 19.1 Å². The first-order valence-corrected chi connectivity index (χ1v) is 12.5. The Morgan fingerprint density at radius 1 is 1.31 bits per heavy atom. The van der Waals surface area contributed by atoms with E-state index in [1.807, 2.05) is 57.2 Å². The molecule has 6 heteroatoms. The molecular formula is C30H41N3O3. The topological polar surface area (TPSA) is 67.5 Å². The van der Waals surface area contributed by atoms with Gasteiger partial charge in [0.1, 0.15) is 18.0 Å². The Labute approximate surface area is 225 Å². The summed E-state index contributed by atoms with van der Waals surface area (Å²) in [5, 5.41) is 0. The second-order valence-corrected chi connectivity index (χ2v) is 9.92. The fourth-order valence-electron chi connectivity index (χ4n) is 5.41. The molecule has 194 valence electrons. The quantitative estimate of drug-likeness (QED) is 0.357. The van der Waals surface area contributed by atoms with Crippen molar-refractivity contribution in [3.05, 3.63) is 65.0 Å². The van der Waals surface area contributed by atoms with Crippen molar-refractivity contribution in [2.75, 3.05) is 33.7 Å². The first kappa shape index (κ1) is 18.5. The predicted molar refractivity (Wildman–Crippen MR) is 144 cm³/mol. The number of H-pyrrole nitrogens is 1. The lowest BCUT2D eigenvalue weighted by Gasteiger charge is -2.47. The van der Waals surface area contributed by atoms with E-state index in [1.165, 1.54) is 7.11 Å². The lowest BCUT2D eigenvalue weighted by Crippen LogP contribution is -2.49. The Balaban J connectivity index is 1.72. The molecule has 36 heavy (non-hydrogen) atoms. The first-order chi connectivity index (χ1) is 20.0. The van der Waals surface area contributed by atoms with Crippen LogP contribution in [-0.2, 0) is 27.1 Å². The van der Waals surface area contributed by atoms with Crippen molar-refractivity contribution in [2.24, 2.45) is 5.92 Å². The van der Waals surface area contributed by atoms with Crippen LogP contribution < -0.4 is 0 Å². The molecule has 0 saturated carbocycles. The van der Waals surface area contributed by atoms with Crippen LogP contribution in [0.15, 0.2) is 42.5 Å². The fourth-order valence-corrected chi connectivity index (χ4v) is 5.41. The Morgan fingerprint density at radius 2 is 2.14 bits per heavy atom. The summed E-state index contributed by atoms with van der Waals surface area (Å²) in [5.74, 6) is -0.792. The summed E-state index contributed by atoms with van der Waals surface area (Å²) >= 11 is 0. The van der Waals surface area contributed by atoms with Crippen LogP contribution in [0.25, 0.3) is 11.0 Å².